The summed E-state index contributed by atoms with van der Waals surface area (Å²) in [5, 5.41) is 5.18. The Morgan fingerprint density at radius 2 is 1.80 bits per heavy atom. The van der Waals surface area contributed by atoms with Gasteiger partial charge in [-0.2, -0.15) is 0 Å². The predicted octanol–water partition coefficient (Wildman–Crippen LogP) is 7.76. The van der Waals surface area contributed by atoms with Gasteiger partial charge in [-0.05, 0) is 57.2 Å². The van der Waals surface area contributed by atoms with Gasteiger partial charge in [0.15, 0.2) is 0 Å². The van der Waals surface area contributed by atoms with Crippen molar-refractivity contribution in [2.24, 2.45) is 0 Å². The van der Waals surface area contributed by atoms with Crippen LogP contribution in [0.1, 0.15) is 49.6 Å². The molecule has 2 heteroatoms. The summed E-state index contributed by atoms with van der Waals surface area (Å²) in [7, 11) is 0. The van der Waals surface area contributed by atoms with E-state index in [4.69, 9.17) is 0 Å². The molecule has 0 saturated heterocycles. The smallest absolute Gasteiger partial charge is 0.0378 e. The van der Waals surface area contributed by atoms with E-state index in [1.807, 2.05) is 22.7 Å². The topological polar surface area (TPSA) is 0 Å². The second-order valence-corrected chi connectivity index (χ2v) is 9.84. The van der Waals surface area contributed by atoms with E-state index >= 15 is 0 Å². The zero-order chi connectivity index (χ0) is 17.6. The molecule has 4 aromatic rings. The zero-order valence-electron chi connectivity index (χ0n) is 15.3. The quantitative estimate of drug-likeness (QED) is 0.347. The lowest BCUT2D eigenvalue weighted by molar-refractivity contribution is 0.531. The monoisotopic (exact) mass is 364 g/mol. The lowest BCUT2D eigenvalue weighted by atomic mass is 9.79. The highest BCUT2D eigenvalue weighted by Gasteiger charge is 2.25. The maximum absolute atomic E-state index is 2.39. The first-order valence-corrected chi connectivity index (χ1v) is 10.6. The number of hydrogen-bond donors (Lipinski definition) is 0. The maximum Gasteiger partial charge on any atom is 0.0378 e. The Morgan fingerprint density at radius 3 is 2.60 bits per heavy atom. The van der Waals surface area contributed by atoms with Crippen LogP contribution in [-0.4, -0.2) is 0 Å². The van der Waals surface area contributed by atoms with Crippen LogP contribution in [0.25, 0.3) is 20.2 Å². The molecule has 0 aliphatic heterocycles. The highest BCUT2D eigenvalue weighted by atomic mass is 32.1. The van der Waals surface area contributed by atoms with Gasteiger partial charge in [0.05, 0.1) is 0 Å². The second-order valence-electron chi connectivity index (χ2n) is 7.85. The van der Waals surface area contributed by atoms with Gasteiger partial charge < -0.3 is 0 Å². The molecule has 0 unspecified atom stereocenters. The van der Waals surface area contributed by atoms with Crippen LogP contribution in [0, 0.1) is 0 Å². The molecule has 0 bridgehead atoms. The average Bonchev–Trinajstić information content (AvgIpc) is 3.19. The van der Waals surface area contributed by atoms with Crippen molar-refractivity contribution in [3.05, 3.63) is 69.9 Å². The van der Waals surface area contributed by atoms with Crippen molar-refractivity contribution < 1.29 is 0 Å². The lowest BCUT2D eigenvalue weighted by Gasteiger charge is -2.25. The van der Waals surface area contributed by atoms with Gasteiger partial charge in [-0.3, -0.25) is 0 Å². The molecule has 0 N–H and O–H groups in total. The van der Waals surface area contributed by atoms with E-state index in [2.05, 4.69) is 81.6 Å². The van der Waals surface area contributed by atoms with Crippen molar-refractivity contribution >= 4 is 42.8 Å². The van der Waals surface area contributed by atoms with Crippen LogP contribution in [0.4, 0.5) is 0 Å². The summed E-state index contributed by atoms with van der Waals surface area (Å²) in [4.78, 5) is 1.49. The fourth-order valence-electron chi connectivity index (χ4n) is 3.64. The van der Waals surface area contributed by atoms with Crippen LogP contribution in [-0.2, 0) is 11.8 Å². The SMILES string of the molecule is CC(C)c1cc2cccc(CC(C)(C)c3csc4ccccc34)c2s1. The molecule has 0 atom stereocenters. The molecule has 0 aliphatic carbocycles. The molecule has 0 saturated carbocycles. The number of benzene rings is 2. The summed E-state index contributed by atoms with van der Waals surface area (Å²) < 4.78 is 2.86. The van der Waals surface area contributed by atoms with Crippen LogP contribution in [0.5, 0.6) is 0 Å². The Kier molecular flexibility index (Phi) is 4.21. The predicted molar refractivity (Wildman–Crippen MR) is 114 cm³/mol. The molecule has 0 aliphatic rings. The van der Waals surface area contributed by atoms with Gasteiger partial charge in [0.2, 0.25) is 0 Å². The molecule has 0 amide bonds. The first-order valence-electron chi connectivity index (χ1n) is 8.94. The van der Waals surface area contributed by atoms with Gasteiger partial charge in [-0.1, -0.05) is 64.1 Å². The van der Waals surface area contributed by atoms with Gasteiger partial charge in [-0.15, -0.1) is 22.7 Å². The lowest BCUT2D eigenvalue weighted by Crippen LogP contribution is -2.20. The molecule has 0 radical (unpaired) electrons. The number of fused-ring (bicyclic) bond motifs is 2. The highest BCUT2D eigenvalue weighted by Crippen LogP contribution is 2.40. The highest BCUT2D eigenvalue weighted by molar-refractivity contribution is 7.19. The molecule has 0 fully saturated rings. The zero-order valence-corrected chi connectivity index (χ0v) is 16.9. The van der Waals surface area contributed by atoms with Crippen molar-refractivity contribution in [1.29, 1.82) is 0 Å². The first kappa shape index (κ1) is 16.8. The van der Waals surface area contributed by atoms with Gasteiger partial charge in [0.25, 0.3) is 0 Å². The van der Waals surface area contributed by atoms with E-state index in [1.165, 1.54) is 36.2 Å². The molecule has 2 aromatic heterocycles. The third kappa shape index (κ3) is 3.02. The minimum Gasteiger partial charge on any atom is -0.144 e. The van der Waals surface area contributed by atoms with E-state index < -0.39 is 0 Å². The van der Waals surface area contributed by atoms with E-state index in [9.17, 15) is 0 Å². The molecular formula is C23H24S2. The third-order valence-corrected chi connectivity index (χ3v) is 7.55. The summed E-state index contributed by atoms with van der Waals surface area (Å²) in [6.45, 7) is 9.34. The van der Waals surface area contributed by atoms with Crippen LogP contribution in [0.3, 0.4) is 0 Å². The Bertz CT molecular complexity index is 1030. The standard InChI is InChI=1S/C23H24S2/c1-15(2)21-12-16-8-7-9-17(22(16)25-21)13-23(3,4)19-14-24-20-11-6-5-10-18(19)20/h5-12,14-15H,13H2,1-4H3. The number of rotatable bonds is 4. The van der Waals surface area contributed by atoms with Crippen molar-refractivity contribution in [2.75, 3.05) is 0 Å². The summed E-state index contributed by atoms with van der Waals surface area (Å²) in [6.07, 6.45) is 1.07. The second kappa shape index (κ2) is 6.26. The van der Waals surface area contributed by atoms with Gasteiger partial charge >= 0.3 is 0 Å². The normalized spacial score (nSPS) is 12.5. The van der Waals surface area contributed by atoms with Gasteiger partial charge in [-0.25, -0.2) is 0 Å². The number of thiophene rings is 2. The molecule has 0 spiro atoms. The first-order chi connectivity index (χ1) is 12.0. The van der Waals surface area contributed by atoms with E-state index in [-0.39, 0.29) is 5.41 Å². The summed E-state index contributed by atoms with van der Waals surface area (Å²) in [5.41, 5.74) is 3.08. The number of hydrogen-bond acceptors (Lipinski definition) is 2. The van der Waals surface area contributed by atoms with E-state index in [0.717, 1.165) is 6.42 Å². The van der Waals surface area contributed by atoms with E-state index in [1.54, 1.807) is 0 Å². The Morgan fingerprint density at radius 1 is 1.00 bits per heavy atom. The Hall–Kier alpha value is -1.64. The molecule has 25 heavy (non-hydrogen) atoms. The van der Waals surface area contributed by atoms with Crippen molar-refractivity contribution in [3.63, 3.8) is 0 Å². The van der Waals surface area contributed by atoms with Crippen molar-refractivity contribution in [2.45, 2.75) is 45.4 Å². The van der Waals surface area contributed by atoms with Gasteiger partial charge in [0, 0.05) is 14.3 Å². The third-order valence-electron chi connectivity index (χ3n) is 5.06. The fraction of sp³-hybridized carbons (Fsp3) is 0.304. The summed E-state index contributed by atoms with van der Waals surface area (Å²) in [6, 6.07) is 18.0. The summed E-state index contributed by atoms with van der Waals surface area (Å²) >= 11 is 3.84. The Labute approximate surface area is 158 Å². The van der Waals surface area contributed by atoms with Crippen LogP contribution in [0.2, 0.25) is 0 Å². The maximum atomic E-state index is 2.39. The molecule has 128 valence electrons. The van der Waals surface area contributed by atoms with Crippen molar-refractivity contribution in [1.82, 2.24) is 0 Å². The minimum absolute atomic E-state index is 0.121. The molecule has 0 nitrogen and oxygen atoms in total. The average molecular weight is 365 g/mol. The molecule has 2 heterocycles. The van der Waals surface area contributed by atoms with Gasteiger partial charge in [0.1, 0.15) is 0 Å². The van der Waals surface area contributed by atoms with Crippen LogP contribution in [0.15, 0.2) is 53.9 Å². The molecule has 2 aromatic carbocycles. The van der Waals surface area contributed by atoms with Crippen LogP contribution < -0.4 is 0 Å². The molecular weight excluding hydrogens is 340 g/mol. The van der Waals surface area contributed by atoms with Crippen LogP contribution >= 0.6 is 22.7 Å². The van der Waals surface area contributed by atoms with E-state index in [0.29, 0.717) is 5.92 Å². The molecule has 4 rings (SSSR count). The largest absolute Gasteiger partial charge is 0.144 e. The Balaban J connectivity index is 1.77. The summed E-state index contributed by atoms with van der Waals surface area (Å²) in [5.74, 6) is 0.596. The minimum atomic E-state index is 0.121. The fourth-order valence-corrected chi connectivity index (χ4v) is 5.97. The van der Waals surface area contributed by atoms with Crippen molar-refractivity contribution in [3.8, 4) is 0 Å².